The van der Waals surface area contributed by atoms with Crippen molar-refractivity contribution in [2.24, 2.45) is 0 Å². The third-order valence-electron chi connectivity index (χ3n) is 4.18. The van der Waals surface area contributed by atoms with Gasteiger partial charge in [-0.25, -0.2) is 4.39 Å². The highest BCUT2D eigenvalue weighted by molar-refractivity contribution is 5.79. The molecule has 0 atom stereocenters. The van der Waals surface area contributed by atoms with Gasteiger partial charge in [-0.1, -0.05) is 30.3 Å². The molecule has 25 heavy (non-hydrogen) atoms. The van der Waals surface area contributed by atoms with Gasteiger partial charge in [-0.2, -0.15) is 0 Å². The number of pyridine rings is 1. The number of carbonyl (C=O) groups excluding carboxylic acids is 1. The Morgan fingerprint density at radius 3 is 2.64 bits per heavy atom. The summed E-state index contributed by atoms with van der Waals surface area (Å²) in [5, 5.41) is 0.751. The highest BCUT2D eigenvalue weighted by Crippen LogP contribution is 2.14. The molecule has 5 heteroatoms. The number of fused-ring (bicyclic) bond motifs is 1. The molecule has 4 nitrogen and oxygen atoms in total. The van der Waals surface area contributed by atoms with Gasteiger partial charge in [0.15, 0.2) is 0 Å². The molecule has 0 radical (unpaired) electrons. The van der Waals surface area contributed by atoms with Gasteiger partial charge in [-0.15, -0.1) is 0 Å². The molecule has 128 valence electrons. The van der Waals surface area contributed by atoms with Gasteiger partial charge >= 0.3 is 0 Å². The molecule has 1 amide bonds. The van der Waals surface area contributed by atoms with Crippen LogP contribution < -0.4 is 5.56 Å². The number of hydrogen-bond donors (Lipinski definition) is 1. The number of carbonyl (C=O) groups is 1. The first-order valence-corrected chi connectivity index (χ1v) is 8.12. The fourth-order valence-corrected chi connectivity index (χ4v) is 2.78. The first-order valence-electron chi connectivity index (χ1n) is 8.12. The van der Waals surface area contributed by atoms with Crippen molar-refractivity contribution in [3.8, 4) is 0 Å². The number of H-pyrrole nitrogens is 1. The Labute approximate surface area is 144 Å². The van der Waals surface area contributed by atoms with Crippen LogP contribution in [0.3, 0.4) is 0 Å². The summed E-state index contributed by atoms with van der Waals surface area (Å²) in [7, 11) is 1.75. The maximum absolute atomic E-state index is 13.2. The molecule has 0 aliphatic heterocycles. The van der Waals surface area contributed by atoms with Gasteiger partial charge in [0.1, 0.15) is 5.82 Å². The Hall–Kier alpha value is -2.95. The van der Waals surface area contributed by atoms with Gasteiger partial charge in [-0.05, 0) is 41.6 Å². The van der Waals surface area contributed by atoms with E-state index in [0.29, 0.717) is 24.0 Å². The Morgan fingerprint density at radius 2 is 1.88 bits per heavy atom. The Morgan fingerprint density at radius 1 is 1.12 bits per heavy atom. The average molecular weight is 338 g/mol. The monoisotopic (exact) mass is 338 g/mol. The first-order chi connectivity index (χ1) is 12.0. The number of nitrogens with zero attached hydrogens (tertiary/aromatic N) is 1. The fourth-order valence-electron chi connectivity index (χ4n) is 2.78. The van der Waals surface area contributed by atoms with Crippen molar-refractivity contribution in [3.63, 3.8) is 0 Å². The van der Waals surface area contributed by atoms with Gasteiger partial charge in [0, 0.05) is 25.6 Å². The van der Waals surface area contributed by atoms with Gasteiger partial charge in [0.25, 0.3) is 5.56 Å². The number of hydrogen-bond acceptors (Lipinski definition) is 2. The summed E-state index contributed by atoms with van der Waals surface area (Å²) >= 11 is 0. The van der Waals surface area contributed by atoms with Crippen LogP contribution in [0.1, 0.15) is 17.5 Å². The van der Waals surface area contributed by atoms with Crippen molar-refractivity contribution in [2.75, 3.05) is 7.05 Å². The van der Waals surface area contributed by atoms with Crippen molar-refractivity contribution in [1.82, 2.24) is 9.88 Å². The molecule has 1 aromatic heterocycles. The second-order valence-corrected chi connectivity index (χ2v) is 6.09. The average Bonchev–Trinajstić information content (AvgIpc) is 2.60. The van der Waals surface area contributed by atoms with E-state index in [9.17, 15) is 14.0 Å². The summed E-state index contributed by atoms with van der Waals surface area (Å²) in [4.78, 5) is 28.7. The topological polar surface area (TPSA) is 53.2 Å². The molecule has 0 spiro atoms. The fraction of sp³-hybridized carbons (Fsp3) is 0.200. The van der Waals surface area contributed by atoms with Crippen molar-refractivity contribution in [2.45, 2.75) is 19.4 Å². The number of halogens is 1. The number of aromatic nitrogens is 1. The summed E-state index contributed by atoms with van der Waals surface area (Å²) in [5.41, 5.74) is 1.77. The second-order valence-electron chi connectivity index (χ2n) is 6.09. The lowest BCUT2D eigenvalue weighted by atomic mass is 10.1. The van der Waals surface area contributed by atoms with E-state index in [1.165, 1.54) is 12.1 Å². The Bertz CT molecular complexity index is 951. The van der Waals surface area contributed by atoms with Gasteiger partial charge in [0.2, 0.25) is 5.91 Å². The molecule has 0 bridgehead atoms. The highest BCUT2D eigenvalue weighted by Gasteiger charge is 2.11. The van der Waals surface area contributed by atoms with Crippen LogP contribution in [0, 0.1) is 5.82 Å². The smallest absolute Gasteiger partial charge is 0.251 e. The molecule has 1 N–H and O–H groups in total. The van der Waals surface area contributed by atoms with Crippen LogP contribution in [0.15, 0.2) is 59.4 Å². The van der Waals surface area contributed by atoms with Crippen LogP contribution in [0.5, 0.6) is 0 Å². The second kappa shape index (κ2) is 7.30. The predicted octanol–water partition coefficient (Wildman–Crippen LogP) is 3.26. The molecule has 0 aliphatic carbocycles. The molecular weight excluding hydrogens is 319 g/mol. The van der Waals surface area contributed by atoms with Crippen molar-refractivity contribution < 1.29 is 9.18 Å². The number of benzene rings is 2. The zero-order chi connectivity index (χ0) is 17.8. The largest absolute Gasteiger partial charge is 0.341 e. The highest BCUT2D eigenvalue weighted by atomic mass is 19.1. The van der Waals surface area contributed by atoms with Crippen LogP contribution >= 0.6 is 0 Å². The van der Waals surface area contributed by atoms with E-state index in [-0.39, 0.29) is 17.9 Å². The minimum Gasteiger partial charge on any atom is -0.341 e. The molecule has 0 saturated carbocycles. The Kier molecular flexibility index (Phi) is 4.93. The summed E-state index contributed by atoms with van der Waals surface area (Å²) in [6.45, 7) is 0.535. The van der Waals surface area contributed by atoms with Crippen LogP contribution in [-0.4, -0.2) is 22.8 Å². The van der Waals surface area contributed by atoms with E-state index in [1.807, 2.05) is 30.3 Å². The number of aromatic amines is 1. The number of rotatable bonds is 5. The maximum atomic E-state index is 13.2. The summed E-state index contributed by atoms with van der Waals surface area (Å²) < 4.78 is 13.2. The van der Waals surface area contributed by atoms with E-state index in [4.69, 9.17) is 0 Å². The van der Waals surface area contributed by atoms with Gasteiger partial charge < -0.3 is 9.88 Å². The molecule has 0 aliphatic rings. The van der Waals surface area contributed by atoms with Gasteiger partial charge in [0.05, 0.1) is 5.52 Å². The maximum Gasteiger partial charge on any atom is 0.251 e. The molecule has 2 aromatic carbocycles. The zero-order valence-corrected chi connectivity index (χ0v) is 14.0. The van der Waals surface area contributed by atoms with Crippen LogP contribution in [0.25, 0.3) is 10.9 Å². The van der Waals surface area contributed by atoms with Crippen molar-refractivity contribution in [1.29, 1.82) is 0 Å². The van der Waals surface area contributed by atoms with Crippen molar-refractivity contribution >= 4 is 16.8 Å². The molecular formula is C20H19FN2O2. The Balaban J connectivity index is 1.67. The van der Waals surface area contributed by atoms with E-state index < -0.39 is 5.82 Å². The quantitative estimate of drug-likeness (QED) is 0.776. The van der Waals surface area contributed by atoms with E-state index in [0.717, 1.165) is 10.9 Å². The number of aryl methyl sites for hydroxylation is 1. The third kappa shape index (κ3) is 4.12. The lowest BCUT2D eigenvalue weighted by Crippen LogP contribution is -2.27. The summed E-state index contributed by atoms with van der Waals surface area (Å²) in [5.74, 6) is -0.420. The molecule has 0 saturated heterocycles. The molecule has 3 aromatic rings. The lowest BCUT2D eigenvalue weighted by molar-refractivity contribution is -0.130. The standard InChI is InChI=1S/C20H19FN2O2/c1-23(13-14-5-3-2-4-6-14)19(24)10-8-16-11-15-7-9-17(21)12-18(15)22-20(16)25/h2-7,9,11-12H,8,10,13H2,1H3,(H,22,25). The molecule has 1 heterocycles. The predicted molar refractivity (Wildman–Crippen MR) is 95.8 cm³/mol. The van der Waals surface area contributed by atoms with E-state index >= 15 is 0 Å². The van der Waals surface area contributed by atoms with Gasteiger partial charge in [-0.3, -0.25) is 9.59 Å². The van der Waals surface area contributed by atoms with Crippen LogP contribution in [0.2, 0.25) is 0 Å². The first kappa shape index (κ1) is 16.9. The summed E-state index contributed by atoms with van der Waals surface area (Å²) in [6.07, 6.45) is 0.597. The SMILES string of the molecule is CN(Cc1ccccc1)C(=O)CCc1cc2ccc(F)cc2[nH]c1=O. The summed E-state index contributed by atoms with van der Waals surface area (Å²) in [6, 6.07) is 15.7. The molecule has 0 unspecified atom stereocenters. The normalized spacial score (nSPS) is 10.8. The minimum absolute atomic E-state index is 0.0255. The lowest BCUT2D eigenvalue weighted by Gasteiger charge is -2.17. The number of amides is 1. The molecule has 3 rings (SSSR count). The third-order valence-corrected chi connectivity index (χ3v) is 4.18. The number of nitrogens with one attached hydrogen (secondary N) is 1. The van der Waals surface area contributed by atoms with Crippen LogP contribution in [-0.2, 0) is 17.8 Å². The van der Waals surface area contributed by atoms with Crippen molar-refractivity contribution in [3.05, 3.63) is 81.9 Å². The van der Waals surface area contributed by atoms with E-state index in [1.54, 1.807) is 24.1 Å². The van der Waals surface area contributed by atoms with Crippen LogP contribution in [0.4, 0.5) is 4.39 Å². The minimum atomic E-state index is -0.395. The molecule has 0 fully saturated rings. The van der Waals surface area contributed by atoms with E-state index in [2.05, 4.69) is 4.98 Å². The zero-order valence-electron chi connectivity index (χ0n) is 14.0.